The average molecular weight is 272 g/mol. The molecule has 0 saturated carbocycles. The largest absolute Gasteiger partial charge is 0.369 e. The van der Waals surface area contributed by atoms with E-state index >= 15 is 0 Å². The summed E-state index contributed by atoms with van der Waals surface area (Å²) in [5, 5.41) is 0. The molecule has 1 heterocycles. The first-order chi connectivity index (χ1) is 9.54. The monoisotopic (exact) mass is 272 g/mol. The van der Waals surface area contributed by atoms with Crippen LogP contribution in [0.1, 0.15) is 48.5 Å². The topological polar surface area (TPSA) is 55.0 Å². The summed E-state index contributed by atoms with van der Waals surface area (Å²) in [7, 11) is 1.61. The van der Waals surface area contributed by atoms with Crippen molar-refractivity contribution in [3.8, 4) is 0 Å². The number of aromatic nitrogens is 2. The molecule has 1 aromatic heterocycles. The van der Waals surface area contributed by atoms with Gasteiger partial charge in [0, 0.05) is 18.4 Å². The number of hydrogen-bond acceptors (Lipinski definition) is 3. The third-order valence-corrected chi connectivity index (χ3v) is 3.33. The molecule has 0 aliphatic carbocycles. The lowest BCUT2D eigenvalue weighted by atomic mass is 10.0. The molecule has 1 N–H and O–H groups in total. The van der Waals surface area contributed by atoms with Crippen LogP contribution in [0.4, 0.5) is 0 Å². The Hall–Kier alpha value is -1.94. The predicted octanol–water partition coefficient (Wildman–Crippen LogP) is 2.94. The van der Waals surface area contributed by atoms with Crippen LogP contribution in [0.5, 0.6) is 0 Å². The number of rotatable bonds is 4. The predicted molar refractivity (Wildman–Crippen MR) is 79.0 cm³/mol. The molecule has 20 heavy (non-hydrogen) atoms. The van der Waals surface area contributed by atoms with E-state index in [1.54, 1.807) is 7.11 Å². The highest BCUT2D eigenvalue weighted by Gasteiger charge is 2.19. The number of hydrogen-bond donors (Lipinski definition) is 1. The maximum atomic E-state index is 12.2. The normalized spacial score (nSPS) is 12.7. The van der Waals surface area contributed by atoms with Gasteiger partial charge in [0.2, 0.25) is 0 Å². The number of nitrogens with one attached hydrogen (secondary N) is 1. The molecule has 0 spiro atoms. The van der Waals surface area contributed by atoms with E-state index in [4.69, 9.17) is 4.74 Å². The van der Waals surface area contributed by atoms with Crippen LogP contribution in [0.25, 0.3) is 0 Å². The van der Waals surface area contributed by atoms with Crippen molar-refractivity contribution in [2.45, 2.75) is 32.8 Å². The second kappa shape index (κ2) is 6.01. The van der Waals surface area contributed by atoms with Gasteiger partial charge in [0.25, 0.3) is 5.56 Å². The van der Waals surface area contributed by atoms with E-state index in [0.717, 1.165) is 16.8 Å². The smallest absolute Gasteiger partial charge is 0.254 e. The molecule has 0 saturated heterocycles. The first kappa shape index (κ1) is 14.5. The molecule has 0 aliphatic rings. The molecule has 0 fully saturated rings. The Labute approximate surface area is 118 Å². The van der Waals surface area contributed by atoms with Gasteiger partial charge in [0.1, 0.15) is 11.9 Å². The molecule has 1 unspecified atom stereocenters. The molecule has 4 nitrogen and oxygen atoms in total. The third kappa shape index (κ3) is 2.80. The molecule has 0 radical (unpaired) electrons. The summed E-state index contributed by atoms with van der Waals surface area (Å²) in [6.07, 6.45) is -0.358. The van der Waals surface area contributed by atoms with Gasteiger partial charge in [-0.1, -0.05) is 44.2 Å². The van der Waals surface area contributed by atoms with Crippen LogP contribution in [0.3, 0.4) is 0 Å². The van der Waals surface area contributed by atoms with Crippen LogP contribution in [-0.2, 0) is 4.74 Å². The Morgan fingerprint density at radius 3 is 2.35 bits per heavy atom. The van der Waals surface area contributed by atoms with Crippen LogP contribution in [0, 0.1) is 6.92 Å². The molecule has 4 heteroatoms. The highest BCUT2D eigenvalue weighted by atomic mass is 16.5. The Morgan fingerprint density at radius 2 is 1.85 bits per heavy atom. The number of nitrogens with zero attached hydrogens (tertiary/aromatic N) is 1. The Bertz CT molecular complexity index is 633. The summed E-state index contributed by atoms with van der Waals surface area (Å²) < 4.78 is 5.50. The number of benzene rings is 1. The quantitative estimate of drug-likeness (QED) is 0.931. The van der Waals surface area contributed by atoms with E-state index < -0.39 is 0 Å². The first-order valence-electron chi connectivity index (χ1n) is 6.73. The van der Waals surface area contributed by atoms with Crippen molar-refractivity contribution in [1.29, 1.82) is 0 Å². The molecular formula is C16H20N2O2. The first-order valence-corrected chi connectivity index (χ1v) is 6.73. The molecular weight excluding hydrogens is 252 g/mol. The fourth-order valence-electron chi connectivity index (χ4n) is 2.45. The van der Waals surface area contributed by atoms with E-state index in [1.165, 1.54) is 0 Å². The second-order valence-corrected chi connectivity index (χ2v) is 5.13. The summed E-state index contributed by atoms with van der Waals surface area (Å²) in [4.78, 5) is 19.6. The van der Waals surface area contributed by atoms with Crippen molar-refractivity contribution in [1.82, 2.24) is 9.97 Å². The van der Waals surface area contributed by atoms with Crippen molar-refractivity contribution in [2.24, 2.45) is 0 Å². The Morgan fingerprint density at radius 1 is 1.20 bits per heavy atom. The number of aryl methyl sites for hydroxylation is 1. The van der Waals surface area contributed by atoms with E-state index in [2.05, 4.69) is 9.97 Å². The van der Waals surface area contributed by atoms with Gasteiger partial charge in [-0.15, -0.1) is 0 Å². The minimum absolute atomic E-state index is 0.0829. The zero-order chi connectivity index (χ0) is 14.7. The fourth-order valence-corrected chi connectivity index (χ4v) is 2.45. The number of aromatic amines is 1. The van der Waals surface area contributed by atoms with Crippen molar-refractivity contribution in [3.63, 3.8) is 0 Å². The lowest BCUT2D eigenvalue weighted by molar-refractivity contribution is 0.128. The zero-order valence-corrected chi connectivity index (χ0v) is 12.3. The summed E-state index contributed by atoms with van der Waals surface area (Å²) in [5.41, 5.74) is 2.38. The minimum Gasteiger partial charge on any atom is -0.369 e. The van der Waals surface area contributed by atoms with Gasteiger partial charge < -0.3 is 9.72 Å². The van der Waals surface area contributed by atoms with Gasteiger partial charge in [-0.05, 0) is 18.4 Å². The number of ether oxygens (including phenoxy) is 1. The molecule has 1 atom stereocenters. The summed E-state index contributed by atoms with van der Waals surface area (Å²) in [6.45, 7) is 5.85. The standard InChI is InChI=1S/C16H20N2O2/c1-10(2)13-11(3)17-15(18-16(13)19)14(20-4)12-8-6-5-7-9-12/h5-10,14H,1-4H3,(H,17,18,19). The highest BCUT2D eigenvalue weighted by Crippen LogP contribution is 2.22. The maximum Gasteiger partial charge on any atom is 0.254 e. The van der Waals surface area contributed by atoms with Crippen LogP contribution in [0.2, 0.25) is 0 Å². The van der Waals surface area contributed by atoms with Crippen molar-refractivity contribution >= 4 is 0 Å². The fraction of sp³-hybridized carbons (Fsp3) is 0.375. The molecule has 0 bridgehead atoms. The maximum absolute atomic E-state index is 12.2. The van der Waals surface area contributed by atoms with E-state index in [-0.39, 0.29) is 17.6 Å². The molecule has 106 valence electrons. The van der Waals surface area contributed by atoms with Crippen LogP contribution in [0.15, 0.2) is 35.1 Å². The lowest BCUT2D eigenvalue weighted by Gasteiger charge is -2.17. The minimum atomic E-state index is -0.358. The summed E-state index contributed by atoms with van der Waals surface area (Å²) in [6, 6.07) is 9.74. The van der Waals surface area contributed by atoms with Gasteiger partial charge in [0.05, 0.1) is 0 Å². The van der Waals surface area contributed by atoms with E-state index in [1.807, 2.05) is 51.1 Å². The molecule has 2 aromatic rings. The van der Waals surface area contributed by atoms with Crippen molar-refractivity contribution in [3.05, 3.63) is 63.3 Å². The SMILES string of the molecule is COC(c1ccccc1)c1nc(C)c(C(C)C)c(=O)[nH]1. The van der Waals surface area contributed by atoms with Crippen LogP contribution < -0.4 is 5.56 Å². The third-order valence-electron chi connectivity index (χ3n) is 3.33. The Balaban J connectivity index is 2.50. The Kier molecular flexibility index (Phi) is 4.35. The van der Waals surface area contributed by atoms with Gasteiger partial charge in [0.15, 0.2) is 0 Å². The zero-order valence-electron chi connectivity index (χ0n) is 12.3. The summed E-state index contributed by atoms with van der Waals surface area (Å²) >= 11 is 0. The lowest BCUT2D eigenvalue weighted by Crippen LogP contribution is -2.22. The van der Waals surface area contributed by atoms with Gasteiger partial charge in [-0.3, -0.25) is 4.79 Å². The van der Waals surface area contributed by atoms with Crippen LogP contribution >= 0.6 is 0 Å². The molecule has 2 rings (SSSR count). The van der Waals surface area contributed by atoms with E-state index in [9.17, 15) is 4.79 Å². The van der Waals surface area contributed by atoms with Crippen LogP contribution in [-0.4, -0.2) is 17.1 Å². The molecule has 1 aromatic carbocycles. The number of H-pyrrole nitrogens is 1. The van der Waals surface area contributed by atoms with Gasteiger partial charge in [-0.2, -0.15) is 0 Å². The van der Waals surface area contributed by atoms with E-state index in [0.29, 0.717) is 5.82 Å². The summed E-state index contributed by atoms with van der Waals surface area (Å²) in [5.74, 6) is 0.698. The van der Waals surface area contributed by atoms with Crippen molar-refractivity contribution in [2.75, 3.05) is 7.11 Å². The highest BCUT2D eigenvalue weighted by molar-refractivity contribution is 5.26. The van der Waals surface area contributed by atoms with Crippen molar-refractivity contribution < 1.29 is 4.74 Å². The molecule has 0 amide bonds. The van der Waals surface area contributed by atoms with Gasteiger partial charge >= 0.3 is 0 Å². The second-order valence-electron chi connectivity index (χ2n) is 5.13. The average Bonchev–Trinajstić information content (AvgIpc) is 2.39. The van der Waals surface area contributed by atoms with Gasteiger partial charge in [-0.25, -0.2) is 4.98 Å². The molecule has 0 aliphatic heterocycles. The number of methoxy groups -OCH3 is 1.